The highest BCUT2D eigenvalue weighted by Crippen LogP contribution is 2.37. The minimum atomic E-state index is -4.08. The van der Waals surface area contributed by atoms with Gasteiger partial charge in [0, 0.05) is 17.8 Å². The topological polar surface area (TPSA) is 40.7 Å². The number of nitrogens with one attached hydrogen (secondary N) is 2. The van der Waals surface area contributed by atoms with E-state index >= 15 is 0 Å². The number of aromatic amines is 1. The maximum atomic E-state index is 12.5. The number of hydrogen-bond donors (Lipinski definition) is 2. The molecular weight excluding hydrogens is 207 g/mol. The zero-order chi connectivity index (χ0) is 10.9. The van der Waals surface area contributed by atoms with Crippen LogP contribution in [0.25, 0.3) is 0 Å². The zero-order valence-corrected chi connectivity index (χ0v) is 8.01. The van der Waals surface area contributed by atoms with Crippen molar-refractivity contribution in [3.8, 4) is 0 Å². The predicted molar refractivity (Wildman–Crippen MR) is 48.1 cm³/mol. The molecule has 0 aromatic carbocycles. The first-order valence-corrected chi connectivity index (χ1v) is 4.86. The smallest absolute Gasteiger partial charge is 0.310 e. The Morgan fingerprint density at radius 3 is 2.80 bits per heavy atom. The first-order valence-electron chi connectivity index (χ1n) is 4.86. The van der Waals surface area contributed by atoms with Crippen LogP contribution in [0.2, 0.25) is 0 Å². The van der Waals surface area contributed by atoms with Crippen LogP contribution in [0, 0.1) is 5.92 Å². The van der Waals surface area contributed by atoms with Gasteiger partial charge in [-0.05, 0) is 19.4 Å². The summed E-state index contributed by atoms with van der Waals surface area (Å²) in [5.74, 6) is -1.20. The quantitative estimate of drug-likeness (QED) is 0.758. The Morgan fingerprint density at radius 1 is 1.40 bits per heavy atom. The summed E-state index contributed by atoms with van der Waals surface area (Å²) in [5.41, 5.74) is 0.795. The fourth-order valence-electron chi connectivity index (χ4n) is 1.92. The third-order valence-corrected chi connectivity index (χ3v) is 2.79. The van der Waals surface area contributed by atoms with Gasteiger partial charge < -0.3 is 5.32 Å². The molecule has 2 heterocycles. The Kier molecular flexibility index (Phi) is 2.68. The lowest BCUT2D eigenvalue weighted by molar-refractivity contribution is -0.183. The SMILES string of the molecule is FC(F)(F)[C@@H]1CCN[C@H](c2cn[nH]c2)C1. The molecule has 0 amide bonds. The van der Waals surface area contributed by atoms with Gasteiger partial charge in [0.15, 0.2) is 0 Å². The van der Waals surface area contributed by atoms with Crippen LogP contribution < -0.4 is 5.32 Å². The van der Waals surface area contributed by atoms with E-state index in [0.29, 0.717) is 6.54 Å². The van der Waals surface area contributed by atoms with Crippen molar-refractivity contribution in [3.05, 3.63) is 18.0 Å². The third kappa shape index (κ3) is 2.31. The Bertz CT molecular complexity index is 307. The van der Waals surface area contributed by atoms with Crippen LogP contribution in [0.5, 0.6) is 0 Å². The fraction of sp³-hybridized carbons (Fsp3) is 0.667. The molecule has 15 heavy (non-hydrogen) atoms. The zero-order valence-electron chi connectivity index (χ0n) is 8.01. The van der Waals surface area contributed by atoms with Gasteiger partial charge in [0.25, 0.3) is 0 Å². The number of alkyl halides is 3. The van der Waals surface area contributed by atoms with Crippen LogP contribution in [0.4, 0.5) is 13.2 Å². The molecule has 0 bridgehead atoms. The number of rotatable bonds is 1. The van der Waals surface area contributed by atoms with E-state index in [1.807, 2.05) is 0 Å². The molecular formula is C9H12F3N3. The number of halogens is 3. The highest BCUT2D eigenvalue weighted by Gasteiger charge is 2.42. The molecule has 2 atom stereocenters. The first-order chi connectivity index (χ1) is 7.07. The van der Waals surface area contributed by atoms with E-state index in [-0.39, 0.29) is 18.9 Å². The minimum absolute atomic E-state index is 0.100. The van der Waals surface area contributed by atoms with E-state index in [2.05, 4.69) is 15.5 Å². The van der Waals surface area contributed by atoms with Crippen LogP contribution in [0.1, 0.15) is 24.4 Å². The summed E-state index contributed by atoms with van der Waals surface area (Å²) in [6, 6.07) is -0.232. The molecule has 1 aromatic rings. The number of hydrogen-bond acceptors (Lipinski definition) is 2. The van der Waals surface area contributed by atoms with Crippen LogP contribution in [-0.4, -0.2) is 22.9 Å². The number of nitrogens with zero attached hydrogens (tertiary/aromatic N) is 1. The fourth-order valence-corrected chi connectivity index (χ4v) is 1.92. The van der Waals surface area contributed by atoms with Gasteiger partial charge in [-0.1, -0.05) is 0 Å². The second-order valence-corrected chi connectivity index (χ2v) is 3.80. The van der Waals surface area contributed by atoms with E-state index in [4.69, 9.17) is 0 Å². The summed E-state index contributed by atoms with van der Waals surface area (Å²) >= 11 is 0. The van der Waals surface area contributed by atoms with Gasteiger partial charge in [-0.25, -0.2) is 0 Å². The van der Waals surface area contributed by atoms with Crippen molar-refractivity contribution >= 4 is 0 Å². The van der Waals surface area contributed by atoms with Crippen LogP contribution in [0.15, 0.2) is 12.4 Å². The van der Waals surface area contributed by atoms with Crippen molar-refractivity contribution in [2.24, 2.45) is 5.92 Å². The molecule has 1 aliphatic heterocycles. The Balaban J connectivity index is 2.05. The van der Waals surface area contributed by atoms with Gasteiger partial charge >= 0.3 is 6.18 Å². The summed E-state index contributed by atoms with van der Waals surface area (Å²) in [7, 11) is 0. The largest absolute Gasteiger partial charge is 0.391 e. The molecule has 1 aliphatic rings. The van der Waals surface area contributed by atoms with Gasteiger partial charge in [-0.15, -0.1) is 0 Å². The normalized spacial score (nSPS) is 27.9. The van der Waals surface area contributed by atoms with Crippen molar-refractivity contribution in [2.75, 3.05) is 6.54 Å². The maximum Gasteiger partial charge on any atom is 0.391 e. The van der Waals surface area contributed by atoms with Crippen molar-refractivity contribution in [3.63, 3.8) is 0 Å². The van der Waals surface area contributed by atoms with Crippen LogP contribution in [0.3, 0.4) is 0 Å². The van der Waals surface area contributed by atoms with Crippen molar-refractivity contribution in [1.29, 1.82) is 0 Å². The summed E-state index contributed by atoms with van der Waals surface area (Å²) in [4.78, 5) is 0. The molecule has 0 radical (unpaired) electrons. The first kappa shape index (κ1) is 10.5. The second-order valence-electron chi connectivity index (χ2n) is 3.80. The van der Waals surface area contributed by atoms with E-state index < -0.39 is 12.1 Å². The van der Waals surface area contributed by atoms with E-state index in [1.54, 1.807) is 12.4 Å². The Morgan fingerprint density at radius 2 is 2.20 bits per heavy atom. The Labute approximate surface area is 85.1 Å². The lowest BCUT2D eigenvalue weighted by atomic mass is 9.89. The molecule has 1 aromatic heterocycles. The molecule has 2 rings (SSSR count). The third-order valence-electron chi connectivity index (χ3n) is 2.79. The van der Waals surface area contributed by atoms with E-state index in [9.17, 15) is 13.2 Å². The van der Waals surface area contributed by atoms with Crippen molar-refractivity contribution in [1.82, 2.24) is 15.5 Å². The van der Waals surface area contributed by atoms with Gasteiger partial charge in [0.05, 0.1) is 12.1 Å². The second kappa shape index (κ2) is 3.84. The molecule has 0 aliphatic carbocycles. The monoisotopic (exact) mass is 219 g/mol. The van der Waals surface area contributed by atoms with Crippen LogP contribution in [-0.2, 0) is 0 Å². The van der Waals surface area contributed by atoms with Crippen molar-refractivity contribution < 1.29 is 13.2 Å². The lowest BCUT2D eigenvalue weighted by Crippen LogP contribution is -2.37. The molecule has 84 valence electrons. The Hall–Kier alpha value is -1.04. The number of piperidine rings is 1. The molecule has 0 unspecified atom stereocenters. The summed E-state index contributed by atoms with van der Waals surface area (Å²) in [5, 5.41) is 9.41. The maximum absolute atomic E-state index is 12.5. The van der Waals surface area contributed by atoms with Gasteiger partial charge in [0.1, 0.15) is 0 Å². The molecule has 2 N–H and O–H groups in total. The van der Waals surface area contributed by atoms with Crippen LogP contribution >= 0.6 is 0 Å². The molecule has 1 fully saturated rings. The summed E-state index contributed by atoms with van der Waals surface area (Å²) in [6.45, 7) is 0.403. The van der Waals surface area contributed by atoms with E-state index in [1.165, 1.54) is 0 Å². The average molecular weight is 219 g/mol. The lowest BCUT2D eigenvalue weighted by Gasteiger charge is -2.31. The highest BCUT2D eigenvalue weighted by molar-refractivity contribution is 5.10. The van der Waals surface area contributed by atoms with Gasteiger partial charge in [-0.3, -0.25) is 5.10 Å². The molecule has 1 saturated heterocycles. The average Bonchev–Trinajstić information content (AvgIpc) is 2.69. The summed E-state index contributed by atoms with van der Waals surface area (Å²) < 4.78 is 37.5. The number of H-pyrrole nitrogens is 1. The summed E-state index contributed by atoms with van der Waals surface area (Å²) in [6.07, 6.45) is -0.613. The molecule has 0 spiro atoms. The standard InChI is InChI=1S/C9H12F3N3/c10-9(11,12)7-1-2-13-8(3-7)6-4-14-15-5-6/h4-5,7-8,13H,1-3H2,(H,14,15)/t7-,8+/m1/s1. The molecule has 6 heteroatoms. The molecule has 3 nitrogen and oxygen atoms in total. The van der Waals surface area contributed by atoms with Gasteiger partial charge in [0.2, 0.25) is 0 Å². The van der Waals surface area contributed by atoms with E-state index in [0.717, 1.165) is 5.56 Å². The molecule has 0 saturated carbocycles. The highest BCUT2D eigenvalue weighted by atomic mass is 19.4. The predicted octanol–water partition coefficient (Wildman–Crippen LogP) is 2.01. The van der Waals surface area contributed by atoms with Crippen molar-refractivity contribution in [2.45, 2.75) is 25.1 Å². The minimum Gasteiger partial charge on any atom is -0.310 e. The number of aromatic nitrogens is 2. The van der Waals surface area contributed by atoms with Gasteiger partial charge in [-0.2, -0.15) is 18.3 Å².